The van der Waals surface area contributed by atoms with Crippen LogP contribution >= 0.6 is 0 Å². The molecule has 0 aliphatic rings. The number of aryl methyl sites for hydroxylation is 1. The highest BCUT2D eigenvalue weighted by Crippen LogP contribution is 2.22. The van der Waals surface area contributed by atoms with Crippen LogP contribution in [0.5, 0.6) is 5.75 Å². The van der Waals surface area contributed by atoms with Crippen molar-refractivity contribution < 1.29 is 27.5 Å². The SMILES string of the molecule is CCCCOC(=O)c1ccc(NC(=O)[C@@H](C)NS(=O)(=O)c2ccc(OCC)c(C)c2)cc1. The first-order valence-corrected chi connectivity index (χ1v) is 12.0. The average molecular weight is 463 g/mol. The summed E-state index contributed by atoms with van der Waals surface area (Å²) in [4.78, 5) is 24.5. The zero-order chi connectivity index (χ0) is 23.7. The van der Waals surface area contributed by atoms with Crippen LogP contribution in [0.25, 0.3) is 0 Å². The van der Waals surface area contributed by atoms with E-state index in [4.69, 9.17) is 9.47 Å². The van der Waals surface area contributed by atoms with Crippen molar-refractivity contribution in [3.63, 3.8) is 0 Å². The van der Waals surface area contributed by atoms with Gasteiger partial charge in [0.2, 0.25) is 15.9 Å². The number of ether oxygens (including phenoxy) is 2. The Balaban J connectivity index is 1.98. The normalized spacial score (nSPS) is 12.1. The summed E-state index contributed by atoms with van der Waals surface area (Å²) in [5, 5.41) is 2.63. The summed E-state index contributed by atoms with van der Waals surface area (Å²) in [6.45, 7) is 7.89. The summed E-state index contributed by atoms with van der Waals surface area (Å²) < 4.78 is 38.3. The van der Waals surface area contributed by atoms with E-state index >= 15 is 0 Å². The maximum Gasteiger partial charge on any atom is 0.338 e. The van der Waals surface area contributed by atoms with Gasteiger partial charge in [-0.05, 0) is 75.2 Å². The predicted molar refractivity (Wildman–Crippen MR) is 122 cm³/mol. The molecule has 0 spiro atoms. The molecule has 2 aromatic rings. The molecule has 0 fully saturated rings. The van der Waals surface area contributed by atoms with E-state index in [0.717, 1.165) is 12.8 Å². The van der Waals surface area contributed by atoms with Gasteiger partial charge in [-0.2, -0.15) is 4.72 Å². The van der Waals surface area contributed by atoms with Crippen LogP contribution in [-0.2, 0) is 19.6 Å². The molecule has 0 heterocycles. The second-order valence-electron chi connectivity index (χ2n) is 7.26. The second kappa shape index (κ2) is 11.6. The molecule has 0 aliphatic heterocycles. The molecule has 8 nitrogen and oxygen atoms in total. The highest BCUT2D eigenvalue weighted by Gasteiger charge is 2.23. The van der Waals surface area contributed by atoms with E-state index in [0.29, 0.717) is 35.8 Å². The number of benzene rings is 2. The fourth-order valence-electron chi connectivity index (χ4n) is 2.79. The Morgan fingerprint density at radius 1 is 1.06 bits per heavy atom. The summed E-state index contributed by atoms with van der Waals surface area (Å²) in [7, 11) is -3.91. The van der Waals surface area contributed by atoms with Gasteiger partial charge in [-0.1, -0.05) is 13.3 Å². The molecule has 32 heavy (non-hydrogen) atoms. The summed E-state index contributed by atoms with van der Waals surface area (Å²) >= 11 is 0. The number of sulfonamides is 1. The highest BCUT2D eigenvalue weighted by atomic mass is 32.2. The number of carbonyl (C=O) groups excluding carboxylic acids is 2. The van der Waals surface area contributed by atoms with Gasteiger partial charge in [0.15, 0.2) is 0 Å². The van der Waals surface area contributed by atoms with E-state index in [1.807, 2.05) is 13.8 Å². The Labute approximate surface area is 189 Å². The van der Waals surface area contributed by atoms with Crippen molar-refractivity contribution in [2.75, 3.05) is 18.5 Å². The Morgan fingerprint density at radius 3 is 2.34 bits per heavy atom. The lowest BCUT2D eigenvalue weighted by molar-refractivity contribution is -0.117. The van der Waals surface area contributed by atoms with Crippen LogP contribution in [0.1, 0.15) is 49.5 Å². The molecular weight excluding hydrogens is 432 g/mol. The molecule has 0 bridgehead atoms. The minimum Gasteiger partial charge on any atom is -0.494 e. The number of rotatable bonds is 11. The number of amides is 1. The summed E-state index contributed by atoms with van der Waals surface area (Å²) in [6, 6.07) is 9.71. The van der Waals surface area contributed by atoms with Crippen LogP contribution < -0.4 is 14.8 Å². The number of unbranched alkanes of at least 4 members (excludes halogenated alkanes) is 1. The van der Waals surface area contributed by atoms with Gasteiger partial charge >= 0.3 is 5.97 Å². The highest BCUT2D eigenvalue weighted by molar-refractivity contribution is 7.89. The first-order valence-electron chi connectivity index (χ1n) is 10.5. The zero-order valence-electron chi connectivity index (χ0n) is 18.8. The van der Waals surface area contributed by atoms with Gasteiger partial charge in [-0.15, -0.1) is 0 Å². The molecule has 174 valence electrons. The van der Waals surface area contributed by atoms with Crippen molar-refractivity contribution in [2.45, 2.75) is 51.5 Å². The lowest BCUT2D eigenvalue weighted by Crippen LogP contribution is -2.41. The van der Waals surface area contributed by atoms with Crippen molar-refractivity contribution >= 4 is 27.6 Å². The number of hydrogen-bond donors (Lipinski definition) is 2. The Hall–Kier alpha value is -2.91. The quantitative estimate of drug-likeness (QED) is 0.389. The first kappa shape index (κ1) is 25.4. The molecule has 0 saturated carbocycles. The molecule has 0 aliphatic carbocycles. The molecular formula is C23H30N2O6S. The van der Waals surface area contributed by atoms with Gasteiger partial charge in [0.05, 0.1) is 29.7 Å². The van der Waals surface area contributed by atoms with E-state index in [-0.39, 0.29) is 4.90 Å². The largest absolute Gasteiger partial charge is 0.494 e. The topological polar surface area (TPSA) is 111 Å². The molecule has 0 aromatic heterocycles. The molecule has 2 rings (SSSR count). The standard InChI is InChI=1S/C23H30N2O6S/c1-5-7-14-31-23(27)18-8-10-19(11-9-18)24-22(26)17(4)25-32(28,29)20-12-13-21(30-6-2)16(3)15-20/h8-13,15,17,25H,5-7,14H2,1-4H3,(H,24,26)/t17-/m1/s1. The van der Waals surface area contributed by atoms with E-state index < -0.39 is 27.9 Å². The third-order valence-electron chi connectivity index (χ3n) is 4.60. The van der Waals surface area contributed by atoms with Crippen molar-refractivity contribution in [1.29, 1.82) is 0 Å². The molecule has 0 saturated heterocycles. The van der Waals surface area contributed by atoms with Crippen LogP contribution in [0.15, 0.2) is 47.4 Å². The lowest BCUT2D eigenvalue weighted by Gasteiger charge is -2.15. The molecule has 9 heteroatoms. The fourth-order valence-corrected chi connectivity index (χ4v) is 4.08. The maximum absolute atomic E-state index is 12.7. The van der Waals surface area contributed by atoms with Gasteiger partial charge < -0.3 is 14.8 Å². The third-order valence-corrected chi connectivity index (χ3v) is 6.14. The predicted octanol–water partition coefficient (Wildman–Crippen LogP) is 3.66. The minimum atomic E-state index is -3.91. The van der Waals surface area contributed by atoms with E-state index in [1.165, 1.54) is 19.1 Å². The van der Waals surface area contributed by atoms with Gasteiger partial charge in [0.25, 0.3) is 0 Å². The smallest absolute Gasteiger partial charge is 0.338 e. The van der Waals surface area contributed by atoms with Crippen LogP contribution in [0, 0.1) is 6.92 Å². The van der Waals surface area contributed by atoms with Crippen molar-refractivity contribution in [3.8, 4) is 5.75 Å². The zero-order valence-corrected chi connectivity index (χ0v) is 19.6. The summed E-state index contributed by atoms with van der Waals surface area (Å²) in [6.07, 6.45) is 1.72. The van der Waals surface area contributed by atoms with Crippen LogP contribution in [0.3, 0.4) is 0 Å². The van der Waals surface area contributed by atoms with Gasteiger partial charge in [-0.25, -0.2) is 13.2 Å². The van der Waals surface area contributed by atoms with Crippen molar-refractivity contribution in [3.05, 3.63) is 53.6 Å². The molecule has 1 atom stereocenters. The minimum absolute atomic E-state index is 0.0454. The molecule has 2 N–H and O–H groups in total. The molecule has 0 unspecified atom stereocenters. The van der Waals surface area contributed by atoms with E-state index in [1.54, 1.807) is 37.3 Å². The molecule has 2 aromatic carbocycles. The van der Waals surface area contributed by atoms with Gasteiger partial charge in [-0.3, -0.25) is 4.79 Å². The summed E-state index contributed by atoms with van der Waals surface area (Å²) in [5.74, 6) is -0.354. The number of carbonyl (C=O) groups is 2. The van der Waals surface area contributed by atoms with E-state index in [2.05, 4.69) is 10.0 Å². The number of anilines is 1. The number of esters is 1. The summed E-state index contributed by atoms with van der Waals surface area (Å²) in [5.41, 5.74) is 1.49. The third kappa shape index (κ3) is 7.06. The van der Waals surface area contributed by atoms with Crippen molar-refractivity contribution in [1.82, 2.24) is 4.72 Å². The first-order chi connectivity index (χ1) is 15.2. The van der Waals surface area contributed by atoms with Crippen LogP contribution in [-0.4, -0.2) is 39.5 Å². The fraction of sp³-hybridized carbons (Fsp3) is 0.391. The van der Waals surface area contributed by atoms with Gasteiger partial charge in [0, 0.05) is 5.69 Å². The van der Waals surface area contributed by atoms with Crippen LogP contribution in [0.2, 0.25) is 0 Å². The molecule has 0 radical (unpaired) electrons. The monoisotopic (exact) mass is 462 g/mol. The second-order valence-corrected chi connectivity index (χ2v) is 8.97. The number of nitrogens with one attached hydrogen (secondary N) is 2. The van der Waals surface area contributed by atoms with E-state index in [9.17, 15) is 18.0 Å². The maximum atomic E-state index is 12.7. The number of hydrogen-bond acceptors (Lipinski definition) is 6. The van der Waals surface area contributed by atoms with Crippen molar-refractivity contribution in [2.24, 2.45) is 0 Å². The Kier molecular flexibility index (Phi) is 9.22. The Morgan fingerprint density at radius 2 is 1.75 bits per heavy atom. The van der Waals surface area contributed by atoms with Crippen LogP contribution in [0.4, 0.5) is 5.69 Å². The average Bonchev–Trinajstić information content (AvgIpc) is 2.75. The van der Waals surface area contributed by atoms with Gasteiger partial charge in [0.1, 0.15) is 5.75 Å². The molecule has 1 amide bonds. The lowest BCUT2D eigenvalue weighted by atomic mass is 10.2. The Bertz CT molecular complexity index is 1030.